The molecule has 2 rings (SSSR count). The average molecular weight is 217 g/mol. The fourth-order valence-electron chi connectivity index (χ4n) is 1.39. The molecule has 1 N–H and O–H groups in total. The molecule has 0 bridgehead atoms. The number of carbonyl (C=O) groups excluding carboxylic acids is 1. The number of benzene rings is 1. The van der Waals surface area contributed by atoms with Gasteiger partial charge in [-0.15, -0.1) is 0 Å². The molecule has 1 aromatic carbocycles. The van der Waals surface area contributed by atoms with Gasteiger partial charge in [-0.25, -0.2) is 4.79 Å². The molecule has 3 nitrogen and oxygen atoms in total. The van der Waals surface area contributed by atoms with Crippen molar-refractivity contribution in [2.24, 2.45) is 0 Å². The van der Waals surface area contributed by atoms with E-state index in [0.29, 0.717) is 0 Å². The van der Waals surface area contributed by atoms with E-state index in [1.54, 1.807) is 0 Å². The minimum Gasteiger partial charge on any atom is -0.431 e. The number of amides is 1. The van der Waals surface area contributed by atoms with Crippen LogP contribution >= 0.6 is 0 Å². The zero-order valence-electron chi connectivity index (χ0n) is 7.34. The molecule has 0 saturated heterocycles. The van der Waals surface area contributed by atoms with Crippen molar-refractivity contribution in [3.8, 4) is 0 Å². The Bertz CT molecular complexity index is 403. The number of nitrogens with one attached hydrogen (secondary N) is 1. The highest BCUT2D eigenvalue weighted by atomic mass is 19.4. The summed E-state index contributed by atoms with van der Waals surface area (Å²) in [6.07, 6.45) is -7.85. The Hall–Kier alpha value is -1.72. The Morgan fingerprint density at radius 3 is 2.60 bits per heavy atom. The summed E-state index contributed by atoms with van der Waals surface area (Å²) in [5.74, 6) is 0. The molecular formula is C9H6F3NO2. The van der Waals surface area contributed by atoms with Gasteiger partial charge in [-0.1, -0.05) is 18.2 Å². The lowest BCUT2D eigenvalue weighted by molar-refractivity contribution is -0.206. The molecule has 0 saturated carbocycles. The molecule has 6 heteroatoms. The van der Waals surface area contributed by atoms with Gasteiger partial charge in [0.05, 0.1) is 5.69 Å². The molecular weight excluding hydrogens is 211 g/mol. The van der Waals surface area contributed by atoms with E-state index >= 15 is 0 Å². The Morgan fingerprint density at radius 1 is 1.27 bits per heavy atom. The lowest BCUT2D eigenvalue weighted by Gasteiger charge is -2.27. The van der Waals surface area contributed by atoms with E-state index in [4.69, 9.17) is 0 Å². The number of para-hydroxylation sites is 1. The van der Waals surface area contributed by atoms with Crippen LogP contribution in [-0.2, 0) is 4.74 Å². The van der Waals surface area contributed by atoms with Gasteiger partial charge in [-0.3, -0.25) is 5.32 Å². The molecule has 0 aromatic heterocycles. The molecule has 15 heavy (non-hydrogen) atoms. The number of fused-ring (bicyclic) bond motifs is 1. The van der Waals surface area contributed by atoms with E-state index in [1.807, 2.05) is 0 Å². The number of anilines is 1. The summed E-state index contributed by atoms with van der Waals surface area (Å²) in [7, 11) is 0. The van der Waals surface area contributed by atoms with Crippen molar-refractivity contribution in [1.82, 2.24) is 0 Å². The maximum Gasteiger partial charge on any atom is 0.430 e. The Labute approximate surface area is 82.8 Å². The van der Waals surface area contributed by atoms with Crippen molar-refractivity contribution < 1.29 is 22.7 Å². The molecule has 0 spiro atoms. The van der Waals surface area contributed by atoms with Crippen molar-refractivity contribution in [2.45, 2.75) is 12.3 Å². The van der Waals surface area contributed by atoms with Crippen molar-refractivity contribution in [3.63, 3.8) is 0 Å². The molecule has 1 aliphatic rings. The summed E-state index contributed by atoms with van der Waals surface area (Å²) in [5.41, 5.74) is 0.0562. The van der Waals surface area contributed by atoms with Crippen LogP contribution in [0.25, 0.3) is 0 Å². The van der Waals surface area contributed by atoms with Gasteiger partial charge in [0.1, 0.15) is 0 Å². The van der Waals surface area contributed by atoms with Crippen LogP contribution in [0.1, 0.15) is 11.7 Å². The number of hydrogen-bond donors (Lipinski definition) is 1. The summed E-state index contributed by atoms with van der Waals surface area (Å²) in [4.78, 5) is 10.8. The molecule has 0 aliphatic carbocycles. The van der Waals surface area contributed by atoms with Crippen LogP contribution in [0, 0.1) is 0 Å². The SMILES string of the molecule is O=C1Nc2ccccc2[C@@H](C(F)(F)F)O1. The third kappa shape index (κ3) is 1.74. The number of carbonyl (C=O) groups is 1. The van der Waals surface area contributed by atoms with Gasteiger partial charge in [0.2, 0.25) is 6.10 Å². The highest BCUT2D eigenvalue weighted by molar-refractivity contribution is 5.88. The zero-order valence-corrected chi connectivity index (χ0v) is 7.34. The molecule has 0 radical (unpaired) electrons. The lowest BCUT2D eigenvalue weighted by Crippen LogP contribution is -2.33. The smallest absolute Gasteiger partial charge is 0.430 e. The van der Waals surface area contributed by atoms with Crippen molar-refractivity contribution in [2.75, 3.05) is 5.32 Å². The summed E-state index contributed by atoms with van der Waals surface area (Å²) in [5, 5.41) is 2.20. The van der Waals surface area contributed by atoms with Gasteiger partial charge in [-0.05, 0) is 6.07 Å². The van der Waals surface area contributed by atoms with Gasteiger partial charge in [-0.2, -0.15) is 13.2 Å². The number of rotatable bonds is 0. The first-order valence-corrected chi connectivity index (χ1v) is 4.12. The number of hydrogen-bond acceptors (Lipinski definition) is 2. The third-order valence-corrected chi connectivity index (χ3v) is 2.00. The fraction of sp³-hybridized carbons (Fsp3) is 0.222. The lowest BCUT2D eigenvalue weighted by atomic mass is 10.1. The minimum absolute atomic E-state index is 0.0791. The molecule has 1 aliphatic heterocycles. The molecule has 80 valence electrons. The maximum absolute atomic E-state index is 12.5. The Balaban J connectivity index is 2.47. The first-order valence-electron chi connectivity index (χ1n) is 4.12. The predicted molar refractivity (Wildman–Crippen MR) is 45.3 cm³/mol. The Morgan fingerprint density at radius 2 is 1.93 bits per heavy atom. The second-order valence-corrected chi connectivity index (χ2v) is 3.04. The van der Waals surface area contributed by atoms with Crippen molar-refractivity contribution >= 4 is 11.8 Å². The largest absolute Gasteiger partial charge is 0.431 e. The van der Waals surface area contributed by atoms with Crippen LogP contribution in [0.3, 0.4) is 0 Å². The van der Waals surface area contributed by atoms with E-state index in [1.165, 1.54) is 24.3 Å². The first-order chi connectivity index (χ1) is 6.98. The number of cyclic esters (lactones) is 1. The zero-order chi connectivity index (χ0) is 11.1. The molecule has 0 fully saturated rings. The van der Waals surface area contributed by atoms with E-state index in [0.717, 1.165) is 0 Å². The highest BCUT2D eigenvalue weighted by Crippen LogP contribution is 2.41. The summed E-state index contributed by atoms with van der Waals surface area (Å²) >= 11 is 0. The summed E-state index contributed by atoms with van der Waals surface area (Å²) in [6, 6.07) is 5.66. The molecule has 1 heterocycles. The molecule has 1 amide bonds. The van der Waals surface area contributed by atoms with Crippen LogP contribution in [0.2, 0.25) is 0 Å². The average Bonchev–Trinajstić information content (AvgIpc) is 2.15. The first kappa shape index (κ1) is 9.82. The van der Waals surface area contributed by atoms with Crippen LogP contribution in [0.5, 0.6) is 0 Å². The second-order valence-electron chi connectivity index (χ2n) is 3.04. The molecule has 0 unspecified atom stereocenters. The minimum atomic E-state index is -4.59. The van der Waals surface area contributed by atoms with E-state index in [9.17, 15) is 18.0 Å². The van der Waals surface area contributed by atoms with Gasteiger partial charge in [0.15, 0.2) is 0 Å². The monoisotopic (exact) mass is 217 g/mol. The number of ether oxygens (including phenoxy) is 1. The van der Waals surface area contributed by atoms with Gasteiger partial charge in [0.25, 0.3) is 0 Å². The number of alkyl halides is 3. The summed E-state index contributed by atoms with van der Waals surface area (Å²) < 4.78 is 41.7. The Kier molecular flexibility index (Phi) is 2.06. The van der Waals surface area contributed by atoms with Crippen LogP contribution in [0.4, 0.5) is 23.7 Å². The van der Waals surface area contributed by atoms with Crippen molar-refractivity contribution in [3.05, 3.63) is 29.8 Å². The molecule has 1 atom stereocenters. The van der Waals surface area contributed by atoms with Crippen LogP contribution < -0.4 is 5.32 Å². The standard InChI is InChI=1S/C9H6F3NO2/c10-9(11,12)7-5-3-1-2-4-6(5)13-8(14)15-7/h1-4,7H,(H,13,14)/t7-/m0/s1. The quantitative estimate of drug-likeness (QED) is 0.725. The van der Waals surface area contributed by atoms with Crippen LogP contribution in [0.15, 0.2) is 24.3 Å². The predicted octanol–water partition coefficient (Wildman–Crippen LogP) is 2.85. The normalized spacial score (nSPS) is 20.2. The highest BCUT2D eigenvalue weighted by Gasteiger charge is 2.47. The fourth-order valence-corrected chi connectivity index (χ4v) is 1.39. The maximum atomic E-state index is 12.5. The van der Waals surface area contributed by atoms with E-state index < -0.39 is 18.4 Å². The number of halogens is 3. The van der Waals surface area contributed by atoms with E-state index in [2.05, 4.69) is 10.1 Å². The topological polar surface area (TPSA) is 38.3 Å². The summed E-state index contributed by atoms with van der Waals surface area (Å²) in [6.45, 7) is 0. The second kappa shape index (κ2) is 3.15. The third-order valence-electron chi connectivity index (χ3n) is 2.00. The molecule has 1 aromatic rings. The van der Waals surface area contributed by atoms with Gasteiger partial charge >= 0.3 is 12.3 Å². The van der Waals surface area contributed by atoms with Gasteiger partial charge in [0, 0.05) is 5.56 Å². The van der Waals surface area contributed by atoms with Crippen molar-refractivity contribution in [1.29, 1.82) is 0 Å². The van der Waals surface area contributed by atoms with Crippen LogP contribution in [-0.4, -0.2) is 12.3 Å². The van der Waals surface area contributed by atoms with E-state index in [-0.39, 0.29) is 11.3 Å². The van der Waals surface area contributed by atoms with Gasteiger partial charge < -0.3 is 4.74 Å².